The van der Waals surface area contributed by atoms with E-state index in [0.29, 0.717) is 11.9 Å². The number of nitrogens with one attached hydrogen (secondary N) is 1. The van der Waals surface area contributed by atoms with Crippen LogP contribution in [0.2, 0.25) is 0 Å². The number of hydrogen-bond acceptors (Lipinski definition) is 10. The van der Waals surface area contributed by atoms with Crippen LogP contribution in [0.3, 0.4) is 0 Å². The fraction of sp³-hybridized carbons (Fsp3) is 0.516. The number of rotatable bonds is 11. The van der Waals surface area contributed by atoms with Gasteiger partial charge in [0.1, 0.15) is 5.75 Å². The van der Waals surface area contributed by atoms with Crippen LogP contribution in [0, 0.1) is 5.92 Å². The van der Waals surface area contributed by atoms with Gasteiger partial charge in [0, 0.05) is 50.1 Å². The summed E-state index contributed by atoms with van der Waals surface area (Å²) in [5.74, 6) is -0.248. The second-order valence-electron chi connectivity index (χ2n) is 11.1. The van der Waals surface area contributed by atoms with E-state index in [4.69, 9.17) is 23.9 Å². The number of benzene rings is 2. The first-order valence-corrected chi connectivity index (χ1v) is 15.8. The molecule has 45 heavy (non-hydrogen) atoms. The number of morpholine rings is 1. The standard InChI is InChI=1S/C29H39N5O3S.C2HF3O2/c1-22(2)28-31-29(37-32-28)34-14-11-23(12-15-34)21-36-26-7-3-24(4-8-26)25-5-9-27(10-6-25)38-30-13-16-33-17-19-35-20-18-33;3-2(4,5)1(6)7/h3-10,22-23,30H,11-21H2,1-2H3;(H,6,7). The van der Waals surface area contributed by atoms with Crippen LogP contribution in [0.4, 0.5) is 19.2 Å². The van der Waals surface area contributed by atoms with Crippen molar-refractivity contribution in [1.29, 1.82) is 0 Å². The number of aliphatic carboxylic acids is 1. The summed E-state index contributed by atoms with van der Waals surface area (Å²) < 4.78 is 52.2. The van der Waals surface area contributed by atoms with Gasteiger partial charge in [-0.3, -0.25) is 9.62 Å². The van der Waals surface area contributed by atoms with Crippen LogP contribution in [-0.2, 0) is 9.53 Å². The fourth-order valence-corrected chi connectivity index (χ4v) is 5.35. The number of ether oxygens (including phenoxy) is 2. The molecule has 2 aliphatic rings. The minimum atomic E-state index is -5.08. The maximum Gasteiger partial charge on any atom is 0.490 e. The Morgan fingerprint density at radius 3 is 2.20 bits per heavy atom. The molecule has 0 spiro atoms. The molecule has 2 aromatic carbocycles. The van der Waals surface area contributed by atoms with Gasteiger partial charge < -0.3 is 24.0 Å². The van der Waals surface area contributed by atoms with Gasteiger partial charge in [-0.1, -0.05) is 43.3 Å². The molecule has 0 saturated carbocycles. The van der Waals surface area contributed by atoms with Crippen molar-refractivity contribution in [2.75, 3.05) is 64.0 Å². The number of alkyl halides is 3. The molecule has 0 unspecified atom stereocenters. The van der Waals surface area contributed by atoms with Gasteiger partial charge in [0.2, 0.25) is 0 Å². The van der Waals surface area contributed by atoms with Crippen LogP contribution in [0.15, 0.2) is 57.9 Å². The Morgan fingerprint density at radius 1 is 1.04 bits per heavy atom. The third-order valence-corrected chi connectivity index (χ3v) is 8.28. The van der Waals surface area contributed by atoms with Crippen molar-refractivity contribution < 1.29 is 37.1 Å². The normalized spacial score (nSPS) is 16.4. The number of carbonyl (C=O) groups is 1. The lowest BCUT2D eigenvalue weighted by Gasteiger charge is -2.30. The van der Waals surface area contributed by atoms with Crippen LogP contribution in [0.25, 0.3) is 11.1 Å². The van der Waals surface area contributed by atoms with E-state index >= 15 is 0 Å². The zero-order valence-corrected chi connectivity index (χ0v) is 26.3. The molecule has 0 bridgehead atoms. The second kappa shape index (κ2) is 16.8. The monoisotopic (exact) mass is 651 g/mol. The molecular formula is C31H40F3N5O5S. The Morgan fingerprint density at radius 2 is 1.64 bits per heavy atom. The molecule has 3 aromatic rings. The van der Waals surface area contributed by atoms with Gasteiger partial charge in [-0.2, -0.15) is 18.2 Å². The van der Waals surface area contributed by atoms with E-state index < -0.39 is 12.1 Å². The zero-order chi connectivity index (χ0) is 32.2. The van der Waals surface area contributed by atoms with E-state index in [2.05, 4.69) is 87.0 Å². The fourth-order valence-electron chi connectivity index (χ4n) is 4.72. The molecule has 2 N–H and O–H groups in total. The molecule has 0 atom stereocenters. The Hall–Kier alpha value is -3.33. The molecule has 3 heterocycles. The lowest BCUT2D eigenvalue weighted by atomic mass is 9.98. The molecule has 14 heteroatoms. The largest absolute Gasteiger partial charge is 0.493 e. The van der Waals surface area contributed by atoms with Crippen molar-refractivity contribution >= 4 is 23.9 Å². The third kappa shape index (κ3) is 11.2. The van der Waals surface area contributed by atoms with E-state index in [-0.39, 0.29) is 5.92 Å². The van der Waals surface area contributed by atoms with Gasteiger partial charge in [0.05, 0.1) is 19.8 Å². The molecule has 10 nitrogen and oxygen atoms in total. The Bertz CT molecular complexity index is 1310. The summed E-state index contributed by atoms with van der Waals surface area (Å²) in [6, 6.07) is 17.8. The number of anilines is 1. The van der Waals surface area contributed by atoms with Gasteiger partial charge in [0.25, 0.3) is 0 Å². The van der Waals surface area contributed by atoms with Gasteiger partial charge in [-0.15, -0.1) is 0 Å². The molecule has 2 saturated heterocycles. The van der Waals surface area contributed by atoms with E-state index in [1.807, 2.05) is 0 Å². The average molecular weight is 652 g/mol. The third-order valence-electron chi connectivity index (χ3n) is 7.43. The van der Waals surface area contributed by atoms with Crippen molar-refractivity contribution in [2.24, 2.45) is 5.92 Å². The summed E-state index contributed by atoms with van der Waals surface area (Å²) in [4.78, 5) is 19.3. The van der Waals surface area contributed by atoms with E-state index in [1.54, 1.807) is 11.9 Å². The van der Waals surface area contributed by atoms with Crippen molar-refractivity contribution in [3.8, 4) is 16.9 Å². The van der Waals surface area contributed by atoms with Crippen molar-refractivity contribution in [1.82, 2.24) is 19.8 Å². The number of carboxylic acid groups (broad SMARTS) is 1. The highest BCUT2D eigenvalue weighted by atomic mass is 32.2. The minimum Gasteiger partial charge on any atom is -0.493 e. The minimum absolute atomic E-state index is 0.279. The summed E-state index contributed by atoms with van der Waals surface area (Å²) in [6.07, 6.45) is -2.96. The highest BCUT2D eigenvalue weighted by Gasteiger charge is 2.38. The number of aromatic nitrogens is 2. The Labute approximate surface area is 265 Å². The summed E-state index contributed by atoms with van der Waals surface area (Å²) in [6.45, 7) is 12.5. The number of hydrogen-bond donors (Lipinski definition) is 2. The van der Waals surface area contributed by atoms with Gasteiger partial charge in [0.15, 0.2) is 5.82 Å². The quantitative estimate of drug-likeness (QED) is 0.196. The van der Waals surface area contributed by atoms with Crippen LogP contribution < -0.4 is 14.4 Å². The Kier molecular flexibility index (Phi) is 12.9. The van der Waals surface area contributed by atoms with Crippen LogP contribution in [0.5, 0.6) is 5.75 Å². The molecular weight excluding hydrogens is 611 g/mol. The lowest BCUT2D eigenvalue weighted by Crippen LogP contribution is -2.39. The molecule has 246 valence electrons. The second-order valence-corrected chi connectivity index (χ2v) is 12.1. The summed E-state index contributed by atoms with van der Waals surface area (Å²) in [5, 5.41) is 11.2. The predicted octanol–water partition coefficient (Wildman–Crippen LogP) is 5.72. The first-order valence-electron chi connectivity index (χ1n) is 15.0. The first kappa shape index (κ1) is 34.5. The van der Waals surface area contributed by atoms with Crippen LogP contribution >= 0.6 is 11.9 Å². The maximum atomic E-state index is 10.6. The summed E-state index contributed by atoms with van der Waals surface area (Å²) >= 11 is 1.69. The highest BCUT2D eigenvalue weighted by Crippen LogP contribution is 2.27. The van der Waals surface area contributed by atoms with E-state index in [9.17, 15) is 13.2 Å². The highest BCUT2D eigenvalue weighted by molar-refractivity contribution is 7.97. The summed E-state index contributed by atoms with van der Waals surface area (Å²) in [7, 11) is 0. The van der Waals surface area contributed by atoms with Crippen LogP contribution in [0.1, 0.15) is 38.4 Å². The Balaban J connectivity index is 0.000000591. The molecule has 1 aromatic heterocycles. The number of halogens is 3. The van der Waals surface area contributed by atoms with Crippen molar-refractivity contribution in [3.05, 3.63) is 54.4 Å². The van der Waals surface area contributed by atoms with Crippen molar-refractivity contribution in [2.45, 2.75) is 43.7 Å². The zero-order valence-electron chi connectivity index (χ0n) is 25.5. The van der Waals surface area contributed by atoms with Crippen LogP contribution in [-0.4, -0.2) is 91.4 Å². The van der Waals surface area contributed by atoms with E-state index in [1.165, 1.54) is 16.0 Å². The van der Waals surface area contributed by atoms with Crippen molar-refractivity contribution in [3.63, 3.8) is 0 Å². The number of carboxylic acids is 1. The van der Waals surface area contributed by atoms with Gasteiger partial charge in [-0.05, 0) is 66.1 Å². The lowest BCUT2D eigenvalue weighted by molar-refractivity contribution is -0.192. The molecule has 5 rings (SSSR count). The van der Waals surface area contributed by atoms with E-state index in [0.717, 1.165) is 83.5 Å². The predicted molar refractivity (Wildman–Crippen MR) is 166 cm³/mol. The molecule has 0 aliphatic carbocycles. The molecule has 2 fully saturated rings. The summed E-state index contributed by atoms with van der Waals surface area (Å²) in [5.41, 5.74) is 2.41. The maximum absolute atomic E-state index is 10.6. The SMILES string of the molecule is CC(C)c1noc(N2CCC(COc3ccc(-c4ccc(SNCCN5CCOCC5)cc4)cc3)CC2)n1.O=C(O)C(F)(F)F. The first-order chi connectivity index (χ1) is 21.6. The molecule has 0 radical (unpaired) electrons. The molecule has 0 amide bonds. The van der Waals surface area contributed by atoms with Gasteiger partial charge in [-0.25, -0.2) is 4.79 Å². The topological polar surface area (TPSA) is 113 Å². The number of nitrogens with zero attached hydrogens (tertiary/aromatic N) is 4. The average Bonchev–Trinajstić information content (AvgIpc) is 3.55. The number of piperidine rings is 1. The van der Waals surface area contributed by atoms with Gasteiger partial charge >= 0.3 is 18.2 Å². The smallest absolute Gasteiger partial charge is 0.490 e. The molecule has 2 aliphatic heterocycles.